The number of piperidine rings is 1. The van der Waals surface area contributed by atoms with Crippen molar-refractivity contribution in [3.63, 3.8) is 0 Å². The third kappa shape index (κ3) is 3.21. The van der Waals surface area contributed by atoms with Crippen LogP contribution in [0.2, 0.25) is 0 Å². The molecule has 0 aromatic heterocycles. The van der Waals surface area contributed by atoms with E-state index < -0.39 is 0 Å². The highest BCUT2D eigenvalue weighted by Crippen LogP contribution is 2.37. The van der Waals surface area contributed by atoms with Crippen molar-refractivity contribution in [1.82, 2.24) is 10.2 Å². The Labute approximate surface area is 106 Å². The third-order valence-electron chi connectivity index (χ3n) is 4.66. The number of fused-ring (bicyclic) bond motifs is 2. The van der Waals surface area contributed by atoms with Crippen LogP contribution in [0.1, 0.15) is 39.5 Å². The predicted molar refractivity (Wildman–Crippen MR) is 71.0 cm³/mol. The summed E-state index contributed by atoms with van der Waals surface area (Å²) in [5, 5.41) is 12.8. The van der Waals surface area contributed by atoms with Crippen LogP contribution in [0, 0.1) is 11.3 Å². The minimum atomic E-state index is 0.0183. The zero-order valence-corrected chi connectivity index (χ0v) is 11.6. The molecule has 0 radical (unpaired) electrons. The molecule has 100 valence electrons. The van der Waals surface area contributed by atoms with E-state index in [9.17, 15) is 5.11 Å². The molecule has 0 aliphatic carbocycles. The molecule has 0 aromatic carbocycles. The SMILES string of the molecule is CN1C2CCC1CC(CNCC(C)(C)CO)C2. The topological polar surface area (TPSA) is 35.5 Å². The van der Waals surface area contributed by atoms with Gasteiger partial charge in [0, 0.05) is 30.7 Å². The summed E-state index contributed by atoms with van der Waals surface area (Å²) in [5.74, 6) is 0.846. The monoisotopic (exact) mass is 240 g/mol. The Hall–Kier alpha value is -0.120. The Morgan fingerprint density at radius 3 is 2.35 bits per heavy atom. The second kappa shape index (κ2) is 5.25. The van der Waals surface area contributed by atoms with Crippen molar-refractivity contribution in [3.05, 3.63) is 0 Å². The first-order chi connectivity index (χ1) is 8.02. The van der Waals surface area contributed by atoms with Gasteiger partial charge in [-0.3, -0.25) is 0 Å². The maximum atomic E-state index is 9.21. The summed E-state index contributed by atoms with van der Waals surface area (Å²) in [6.45, 7) is 6.53. The maximum Gasteiger partial charge on any atom is 0.0494 e. The van der Waals surface area contributed by atoms with Crippen LogP contribution in [0.25, 0.3) is 0 Å². The highest BCUT2D eigenvalue weighted by Gasteiger charge is 2.38. The predicted octanol–water partition coefficient (Wildman–Crippen LogP) is 1.47. The van der Waals surface area contributed by atoms with E-state index in [1.165, 1.54) is 25.7 Å². The molecule has 0 aromatic rings. The van der Waals surface area contributed by atoms with E-state index >= 15 is 0 Å². The number of nitrogens with one attached hydrogen (secondary N) is 1. The lowest BCUT2D eigenvalue weighted by Crippen LogP contribution is -2.43. The second-order valence-corrected chi connectivity index (χ2v) is 6.84. The molecule has 3 nitrogen and oxygen atoms in total. The molecule has 0 spiro atoms. The van der Waals surface area contributed by atoms with Gasteiger partial charge in [0.1, 0.15) is 0 Å². The third-order valence-corrected chi connectivity index (χ3v) is 4.66. The molecule has 2 saturated heterocycles. The van der Waals surface area contributed by atoms with Gasteiger partial charge < -0.3 is 15.3 Å². The molecule has 17 heavy (non-hydrogen) atoms. The molecular weight excluding hydrogens is 212 g/mol. The lowest BCUT2D eigenvalue weighted by molar-refractivity contribution is 0.124. The molecule has 2 aliphatic rings. The Balaban J connectivity index is 1.71. The van der Waals surface area contributed by atoms with Gasteiger partial charge in [-0.05, 0) is 45.2 Å². The van der Waals surface area contributed by atoms with Gasteiger partial charge in [-0.1, -0.05) is 13.8 Å². The molecule has 0 saturated carbocycles. The van der Waals surface area contributed by atoms with E-state index in [-0.39, 0.29) is 12.0 Å². The van der Waals surface area contributed by atoms with E-state index in [4.69, 9.17) is 0 Å². The Morgan fingerprint density at radius 2 is 1.82 bits per heavy atom. The standard InChI is InChI=1S/C14H28N2O/c1-14(2,10-17)9-15-8-11-6-12-4-5-13(7-11)16(12)3/h11-13,15,17H,4-10H2,1-3H3. The fourth-order valence-electron chi connectivity index (χ4n) is 3.36. The van der Waals surface area contributed by atoms with Crippen molar-refractivity contribution in [2.75, 3.05) is 26.7 Å². The summed E-state index contributed by atoms with van der Waals surface area (Å²) in [5.41, 5.74) is 0.0183. The van der Waals surface area contributed by atoms with E-state index in [1.54, 1.807) is 0 Å². The van der Waals surface area contributed by atoms with Crippen LogP contribution in [0.5, 0.6) is 0 Å². The number of nitrogens with zero attached hydrogens (tertiary/aromatic N) is 1. The van der Waals surface area contributed by atoms with Crippen LogP contribution in [0.3, 0.4) is 0 Å². The molecule has 2 bridgehead atoms. The van der Waals surface area contributed by atoms with Crippen molar-refractivity contribution in [2.24, 2.45) is 11.3 Å². The lowest BCUT2D eigenvalue weighted by Gasteiger charge is -2.36. The first kappa shape index (κ1) is 13.3. The van der Waals surface area contributed by atoms with Gasteiger partial charge in [0.15, 0.2) is 0 Å². The first-order valence-electron chi connectivity index (χ1n) is 7.05. The zero-order valence-electron chi connectivity index (χ0n) is 11.6. The van der Waals surface area contributed by atoms with Gasteiger partial charge in [0.2, 0.25) is 0 Å². The summed E-state index contributed by atoms with van der Waals surface area (Å²) in [7, 11) is 2.29. The molecule has 2 heterocycles. The van der Waals surface area contributed by atoms with Crippen LogP contribution in [0.15, 0.2) is 0 Å². The summed E-state index contributed by atoms with van der Waals surface area (Å²) in [6.07, 6.45) is 5.53. The van der Waals surface area contributed by atoms with Gasteiger partial charge in [0.25, 0.3) is 0 Å². The number of aliphatic hydroxyl groups excluding tert-OH is 1. The minimum Gasteiger partial charge on any atom is -0.396 e. The summed E-state index contributed by atoms with van der Waals surface area (Å²) < 4.78 is 0. The van der Waals surface area contributed by atoms with Crippen molar-refractivity contribution in [2.45, 2.75) is 51.6 Å². The molecular formula is C14H28N2O. The van der Waals surface area contributed by atoms with Gasteiger partial charge in [-0.2, -0.15) is 0 Å². The summed E-state index contributed by atoms with van der Waals surface area (Å²) in [4.78, 5) is 2.59. The summed E-state index contributed by atoms with van der Waals surface area (Å²) in [6, 6.07) is 1.68. The van der Waals surface area contributed by atoms with Crippen LogP contribution in [-0.2, 0) is 0 Å². The van der Waals surface area contributed by atoms with Gasteiger partial charge in [-0.15, -0.1) is 0 Å². The molecule has 3 heteroatoms. The number of hydrogen-bond acceptors (Lipinski definition) is 3. The van der Waals surface area contributed by atoms with Crippen molar-refractivity contribution in [3.8, 4) is 0 Å². The number of rotatable bonds is 5. The van der Waals surface area contributed by atoms with E-state index in [0.717, 1.165) is 31.1 Å². The van der Waals surface area contributed by atoms with Crippen LogP contribution in [0.4, 0.5) is 0 Å². The first-order valence-corrected chi connectivity index (χ1v) is 7.05. The van der Waals surface area contributed by atoms with Gasteiger partial charge in [0.05, 0.1) is 0 Å². The van der Waals surface area contributed by atoms with Gasteiger partial charge >= 0.3 is 0 Å². The molecule has 2 aliphatic heterocycles. The van der Waals surface area contributed by atoms with E-state index in [0.29, 0.717) is 0 Å². The minimum absolute atomic E-state index is 0.0183. The number of hydrogen-bond donors (Lipinski definition) is 2. The molecule has 2 atom stereocenters. The quantitative estimate of drug-likeness (QED) is 0.764. The highest BCUT2D eigenvalue weighted by atomic mass is 16.3. The zero-order chi connectivity index (χ0) is 12.5. The Bertz CT molecular complexity index is 241. The molecule has 2 unspecified atom stereocenters. The second-order valence-electron chi connectivity index (χ2n) is 6.84. The molecule has 0 amide bonds. The average Bonchev–Trinajstić information content (AvgIpc) is 2.53. The fraction of sp³-hybridized carbons (Fsp3) is 1.00. The van der Waals surface area contributed by atoms with Crippen molar-refractivity contribution in [1.29, 1.82) is 0 Å². The van der Waals surface area contributed by atoms with E-state index in [2.05, 4.69) is 31.1 Å². The highest BCUT2D eigenvalue weighted by molar-refractivity contribution is 4.93. The van der Waals surface area contributed by atoms with Gasteiger partial charge in [-0.25, -0.2) is 0 Å². The average molecular weight is 240 g/mol. The normalized spacial score (nSPS) is 34.2. The number of aliphatic hydroxyl groups is 1. The van der Waals surface area contributed by atoms with Crippen LogP contribution < -0.4 is 5.32 Å². The van der Waals surface area contributed by atoms with Crippen molar-refractivity contribution < 1.29 is 5.11 Å². The maximum absolute atomic E-state index is 9.21. The smallest absolute Gasteiger partial charge is 0.0494 e. The Morgan fingerprint density at radius 1 is 1.24 bits per heavy atom. The lowest BCUT2D eigenvalue weighted by atomic mass is 9.90. The molecule has 2 N–H and O–H groups in total. The van der Waals surface area contributed by atoms with Crippen LogP contribution in [-0.4, -0.2) is 48.8 Å². The Kier molecular flexibility index (Phi) is 4.11. The molecule has 2 fully saturated rings. The van der Waals surface area contributed by atoms with E-state index in [1.807, 2.05) is 0 Å². The fourth-order valence-corrected chi connectivity index (χ4v) is 3.36. The summed E-state index contributed by atoms with van der Waals surface area (Å²) >= 11 is 0. The van der Waals surface area contributed by atoms with Crippen molar-refractivity contribution >= 4 is 0 Å². The molecule has 2 rings (SSSR count). The largest absolute Gasteiger partial charge is 0.396 e. The van der Waals surface area contributed by atoms with Crippen LogP contribution >= 0.6 is 0 Å².